The largest absolute Gasteiger partial charge is 0.482 e. The quantitative estimate of drug-likeness (QED) is 0.921. The maximum atomic E-state index is 11.8. The molecule has 1 aliphatic rings. The van der Waals surface area contributed by atoms with Crippen LogP contribution < -0.4 is 10.5 Å². The minimum Gasteiger partial charge on any atom is -0.482 e. The Morgan fingerprint density at radius 1 is 1.61 bits per heavy atom. The number of nitrogens with two attached hydrogens (primary N) is 1. The first-order chi connectivity index (χ1) is 8.56. The molecule has 1 saturated heterocycles. The second-order valence-electron chi connectivity index (χ2n) is 4.25. The number of amides is 1. The molecule has 4 nitrogen and oxygen atoms in total. The Balaban J connectivity index is 1.89. The Morgan fingerprint density at radius 3 is 3.00 bits per heavy atom. The summed E-state index contributed by atoms with van der Waals surface area (Å²) in [6.45, 7) is 1.31. The van der Waals surface area contributed by atoms with Crippen LogP contribution in [-0.2, 0) is 4.79 Å². The van der Waals surface area contributed by atoms with Gasteiger partial charge in [0.1, 0.15) is 5.75 Å². The number of likely N-dealkylation sites (tertiary alicyclic amines) is 1. The van der Waals surface area contributed by atoms with Crippen molar-refractivity contribution < 1.29 is 9.53 Å². The van der Waals surface area contributed by atoms with Crippen LogP contribution in [0, 0.1) is 0 Å². The van der Waals surface area contributed by atoms with Gasteiger partial charge in [-0.15, -0.1) is 0 Å². The molecule has 0 radical (unpaired) electrons. The van der Waals surface area contributed by atoms with Crippen LogP contribution in [0.4, 0.5) is 0 Å². The number of rotatable bonds is 3. The van der Waals surface area contributed by atoms with E-state index in [1.165, 1.54) is 0 Å². The maximum Gasteiger partial charge on any atom is 0.260 e. The lowest BCUT2D eigenvalue weighted by molar-refractivity contribution is -0.132. The average Bonchev–Trinajstić information content (AvgIpc) is 2.74. The highest BCUT2D eigenvalue weighted by Gasteiger charge is 2.23. The van der Waals surface area contributed by atoms with Crippen LogP contribution in [0.5, 0.6) is 5.75 Å². The summed E-state index contributed by atoms with van der Waals surface area (Å²) in [7, 11) is 0. The second kappa shape index (κ2) is 5.91. The molecule has 0 aromatic heterocycles. The lowest BCUT2D eigenvalue weighted by atomic mass is 10.3. The maximum absolute atomic E-state index is 11.8. The van der Waals surface area contributed by atoms with Crippen molar-refractivity contribution in [3.63, 3.8) is 0 Å². The number of carbonyl (C=O) groups excluding carboxylic acids is 1. The van der Waals surface area contributed by atoms with Crippen molar-refractivity contribution in [3.05, 3.63) is 27.7 Å². The highest BCUT2D eigenvalue weighted by atomic mass is 79.9. The number of nitrogens with zero attached hydrogens (tertiary/aromatic N) is 1. The molecular formula is C12H14BrClN2O2. The molecule has 1 fully saturated rings. The van der Waals surface area contributed by atoms with Crippen molar-refractivity contribution in [2.24, 2.45) is 5.73 Å². The van der Waals surface area contributed by atoms with Gasteiger partial charge in [0.15, 0.2) is 6.61 Å². The van der Waals surface area contributed by atoms with E-state index in [1.54, 1.807) is 17.0 Å². The molecule has 2 N–H and O–H groups in total. The van der Waals surface area contributed by atoms with Crippen LogP contribution in [0.2, 0.25) is 5.02 Å². The van der Waals surface area contributed by atoms with E-state index in [4.69, 9.17) is 22.1 Å². The van der Waals surface area contributed by atoms with Gasteiger partial charge in [0.2, 0.25) is 0 Å². The number of benzene rings is 1. The first-order valence-electron chi connectivity index (χ1n) is 5.67. The molecule has 1 amide bonds. The molecule has 6 heteroatoms. The van der Waals surface area contributed by atoms with Crippen LogP contribution in [0.25, 0.3) is 0 Å². The van der Waals surface area contributed by atoms with E-state index in [1.807, 2.05) is 6.07 Å². The van der Waals surface area contributed by atoms with E-state index in [-0.39, 0.29) is 18.6 Å². The number of ether oxygens (including phenoxy) is 1. The number of hydrogen-bond donors (Lipinski definition) is 1. The van der Waals surface area contributed by atoms with Crippen molar-refractivity contribution in [2.45, 2.75) is 12.5 Å². The molecule has 0 bridgehead atoms. The lowest BCUT2D eigenvalue weighted by Gasteiger charge is -2.16. The van der Waals surface area contributed by atoms with Gasteiger partial charge in [0.05, 0.1) is 5.02 Å². The molecule has 1 heterocycles. The zero-order chi connectivity index (χ0) is 13.1. The third kappa shape index (κ3) is 3.37. The Labute approximate surface area is 119 Å². The molecule has 0 saturated carbocycles. The first-order valence-corrected chi connectivity index (χ1v) is 6.84. The molecule has 1 atom stereocenters. The highest BCUT2D eigenvalue weighted by Crippen LogP contribution is 2.27. The van der Waals surface area contributed by atoms with Gasteiger partial charge in [-0.2, -0.15) is 0 Å². The van der Waals surface area contributed by atoms with Crippen LogP contribution >= 0.6 is 27.5 Å². The molecule has 0 spiro atoms. The third-order valence-electron chi connectivity index (χ3n) is 2.82. The molecule has 1 aromatic carbocycles. The topological polar surface area (TPSA) is 55.6 Å². The van der Waals surface area contributed by atoms with Crippen LogP contribution in [0.1, 0.15) is 6.42 Å². The number of hydrogen-bond acceptors (Lipinski definition) is 3. The fourth-order valence-corrected chi connectivity index (χ4v) is 2.56. The summed E-state index contributed by atoms with van der Waals surface area (Å²) >= 11 is 9.30. The Kier molecular flexibility index (Phi) is 4.48. The smallest absolute Gasteiger partial charge is 0.260 e. The fourth-order valence-electron chi connectivity index (χ4n) is 1.84. The van der Waals surface area contributed by atoms with Crippen molar-refractivity contribution in [2.75, 3.05) is 19.7 Å². The van der Waals surface area contributed by atoms with Gasteiger partial charge in [-0.1, -0.05) is 27.5 Å². The van der Waals surface area contributed by atoms with E-state index in [0.717, 1.165) is 10.9 Å². The summed E-state index contributed by atoms with van der Waals surface area (Å²) in [5, 5.41) is 0.482. The van der Waals surface area contributed by atoms with Gasteiger partial charge in [-0.25, -0.2) is 0 Å². The zero-order valence-corrected chi connectivity index (χ0v) is 12.1. The molecule has 98 valence electrons. The summed E-state index contributed by atoms with van der Waals surface area (Å²) in [6.07, 6.45) is 0.852. The lowest BCUT2D eigenvalue weighted by Crippen LogP contribution is -2.35. The third-order valence-corrected chi connectivity index (χ3v) is 3.61. The summed E-state index contributed by atoms with van der Waals surface area (Å²) in [6, 6.07) is 5.37. The van der Waals surface area contributed by atoms with E-state index in [0.29, 0.717) is 23.9 Å². The first kappa shape index (κ1) is 13.6. The molecule has 1 aromatic rings. The Hall–Kier alpha value is -0.780. The SMILES string of the molecule is N[C@H]1CCN(C(=O)COc2ccc(Br)cc2Cl)C1. The van der Waals surface area contributed by atoms with E-state index >= 15 is 0 Å². The molecule has 1 aliphatic heterocycles. The van der Waals surface area contributed by atoms with E-state index in [2.05, 4.69) is 15.9 Å². The minimum atomic E-state index is -0.0538. The van der Waals surface area contributed by atoms with E-state index < -0.39 is 0 Å². The Bertz CT molecular complexity index is 456. The van der Waals surface area contributed by atoms with Gasteiger partial charge in [-0.3, -0.25) is 4.79 Å². The molecule has 2 rings (SSSR count). The van der Waals surface area contributed by atoms with Crippen molar-refractivity contribution in [1.29, 1.82) is 0 Å². The Morgan fingerprint density at radius 2 is 2.39 bits per heavy atom. The van der Waals surface area contributed by atoms with Gasteiger partial charge in [0, 0.05) is 23.6 Å². The van der Waals surface area contributed by atoms with Crippen LogP contribution in [0.3, 0.4) is 0 Å². The monoisotopic (exact) mass is 332 g/mol. The van der Waals surface area contributed by atoms with E-state index in [9.17, 15) is 4.79 Å². The highest BCUT2D eigenvalue weighted by molar-refractivity contribution is 9.10. The molecule has 0 aliphatic carbocycles. The predicted molar refractivity (Wildman–Crippen MR) is 73.8 cm³/mol. The van der Waals surface area contributed by atoms with Gasteiger partial charge >= 0.3 is 0 Å². The molecule has 0 unspecified atom stereocenters. The minimum absolute atomic E-state index is 0.00588. The van der Waals surface area contributed by atoms with Gasteiger partial charge < -0.3 is 15.4 Å². The van der Waals surface area contributed by atoms with Crippen LogP contribution in [0.15, 0.2) is 22.7 Å². The second-order valence-corrected chi connectivity index (χ2v) is 5.57. The fraction of sp³-hybridized carbons (Fsp3) is 0.417. The number of halogens is 2. The summed E-state index contributed by atoms with van der Waals surface area (Å²) in [5.41, 5.74) is 5.75. The van der Waals surface area contributed by atoms with Gasteiger partial charge in [0.25, 0.3) is 5.91 Å². The zero-order valence-electron chi connectivity index (χ0n) is 9.73. The predicted octanol–water partition coefficient (Wildman–Crippen LogP) is 2.04. The number of carbonyl (C=O) groups is 1. The molecular weight excluding hydrogens is 320 g/mol. The summed E-state index contributed by atoms with van der Waals surface area (Å²) in [5.74, 6) is 0.457. The van der Waals surface area contributed by atoms with Crippen molar-refractivity contribution >= 4 is 33.4 Å². The molecule has 18 heavy (non-hydrogen) atoms. The standard InChI is InChI=1S/C12H14BrClN2O2/c13-8-1-2-11(10(14)5-8)18-7-12(17)16-4-3-9(15)6-16/h1-2,5,9H,3-4,6-7,15H2/t9-/m0/s1. The van der Waals surface area contributed by atoms with Gasteiger partial charge in [-0.05, 0) is 24.6 Å². The average molecular weight is 334 g/mol. The van der Waals surface area contributed by atoms with Crippen LogP contribution in [-0.4, -0.2) is 36.5 Å². The summed E-state index contributed by atoms with van der Waals surface area (Å²) in [4.78, 5) is 13.6. The van der Waals surface area contributed by atoms with Crippen molar-refractivity contribution in [1.82, 2.24) is 4.90 Å². The van der Waals surface area contributed by atoms with Crippen molar-refractivity contribution in [3.8, 4) is 5.75 Å². The normalized spacial score (nSPS) is 19.1. The summed E-state index contributed by atoms with van der Waals surface area (Å²) < 4.78 is 6.29.